The summed E-state index contributed by atoms with van der Waals surface area (Å²) in [5.74, 6) is -0.126. The molecule has 4 nitrogen and oxygen atoms in total. The van der Waals surface area contributed by atoms with E-state index in [9.17, 15) is 4.79 Å². The molecule has 0 aromatic heterocycles. The fraction of sp³-hybridized carbons (Fsp3) is 0.364. The van der Waals surface area contributed by atoms with Gasteiger partial charge in [-0.25, -0.2) is 0 Å². The smallest absolute Gasteiger partial charge is 0.251 e. The van der Waals surface area contributed by atoms with Crippen LogP contribution in [-0.4, -0.2) is 30.7 Å². The van der Waals surface area contributed by atoms with Gasteiger partial charge in [0.2, 0.25) is 0 Å². The fourth-order valence-corrected chi connectivity index (χ4v) is 1.72. The highest BCUT2D eigenvalue weighted by Gasteiger charge is 2.12. The van der Waals surface area contributed by atoms with E-state index in [-0.39, 0.29) is 12.5 Å². The van der Waals surface area contributed by atoms with Gasteiger partial charge in [0, 0.05) is 24.3 Å². The van der Waals surface area contributed by atoms with Crippen molar-refractivity contribution in [3.8, 4) is 0 Å². The molecule has 0 unspecified atom stereocenters. The predicted octanol–water partition coefficient (Wildman–Crippen LogP) is 0.377. The first-order chi connectivity index (χ1) is 7.31. The zero-order valence-electron chi connectivity index (χ0n) is 8.42. The zero-order chi connectivity index (χ0) is 10.7. The quantitative estimate of drug-likeness (QED) is 0.670. The van der Waals surface area contributed by atoms with Crippen molar-refractivity contribution in [2.75, 3.05) is 25.0 Å². The van der Waals surface area contributed by atoms with E-state index in [4.69, 9.17) is 5.11 Å². The topological polar surface area (TPSA) is 61.4 Å². The van der Waals surface area contributed by atoms with E-state index in [1.54, 1.807) is 6.07 Å². The molecule has 0 bridgehead atoms. The van der Waals surface area contributed by atoms with Crippen LogP contribution < -0.4 is 10.6 Å². The Labute approximate surface area is 88.3 Å². The molecular weight excluding hydrogens is 192 g/mol. The average Bonchev–Trinajstić information content (AvgIpc) is 2.72. The molecule has 15 heavy (non-hydrogen) atoms. The van der Waals surface area contributed by atoms with Gasteiger partial charge in [0.25, 0.3) is 5.91 Å². The van der Waals surface area contributed by atoms with Crippen LogP contribution in [0.5, 0.6) is 0 Å². The van der Waals surface area contributed by atoms with E-state index in [1.807, 2.05) is 12.1 Å². The first kappa shape index (κ1) is 9.98. The molecule has 4 heteroatoms. The normalized spacial score (nSPS) is 13.1. The maximum atomic E-state index is 11.6. The maximum Gasteiger partial charge on any atom is 0.251 e. The second kappa shape index (κ2) is 4.31. The lowest BCUT2D eigenvalue weighted by atomic mass is 10.1. The number of benzene rings is 1. The summed E-state index contributed by atoms with van der Waals surface area (Å²) in [6, 6.07) is 5.63. The van der Waals surface area contributed by atoms with Gasteiger partial charge in [-0.05, 0) is 30.2 Å². The number of nitrogens with one attached hydrogen (secondary N) is 2. The molecule has 0 atom stereocenters. The number of amides is 1. The summed E-state index contributed by atoms with van der Waals surface area (Å²) in [5, 5.41) is 14.5. The van der Waals surface area contributed by atoms with Gasteiger partial charge in [-0.15, -0.1) is 0 Å². The third-order valence-electron chi connectivity index (χ3n) is 2.47. The number of hydrogen-bond acceptors (Lipinski definition) is 3. The van der Waals surface area contributed by atoms with Crippen molar-refractivity contribution < 1.29 is 9.90 Å². The Morgan fingerprint density at radius 1 is 1.53 bits per heavy atom. The lowest BCUT2D eigenvalue weighted by Crippen LogP contribution is -2.26. The summed E-state index contributed by atoms with van der Waals surface area (Å²) >= 11 is 0. The van der Waals surface area contributed by atoms with Gasteiger partial charge in [-0.1, -0.05) is 0 Å². The fourth-order valence-electron chi connectivity index (χ4n) is 1.72. The number of carbonyl (C=O) groups excluding carboxylic acids is 1. The van der Waals surface area contributed by atoms with E-state index < -0.39 is 0 Å². The molecule has 1 heterocycles. The second-order valence-corrected chi connectivity index (χ2v) is 3.53. The SMILES string of the molecule is O=C(NCCO)c1ccc2c(c1)CCN2. The number of fused-ring (bicyclic) bond motifs is 1. The number of hydrogen-bond donors (Lipinski definition) is 3. The van der Waals surface area contributed by atoms with Crippen LogP contribution in [0.4, 0.5) is 5.69 Å². The van der Waals surface area contributed by atoms with Crippen molar-refractivity contribution >= 4 is 11.6 Å². The summed E-state index contributed by atoms with van der Waals surface area (Å²) in [7, 11) is 0. The van der Waals surface area contributed by atoms with Crippen molar-refractivity contribution in [2.24, 2.45) is 0 Å². The number of aliphatic hydroxyl groups is 1. The summed E-state index contributed by atoms with van der Waals surface area (Å²) in [6.45, 7) is 1.21. The minimum atomic E-state index is -0.126. The van der Waals surface area contributed by atoms with Crippen LogP contribution in [0.2, 0.25) is 0 Å². The third-order valence-corrected chi connectivity index (χ3v) is 2.47. The molecule has 0 saturated carbocycles. The number of rotatable bonds is 3. The van der Waals surface area contributed by atoms with Crippen molar-refractivity contribution in [1.29, 1.82) is 0 Å². The van der Waals surface area contributed by atoms with E-state index in [1.165, 1.54) is 5.56 Å². The standard InChI is InChI=1S/C11H14N2O2/c14-6-5-13-11(15)9-1-2-10-8(7-9)3-4-12-10/h1-2,7,12,14H,3-6H2,(H,13,15). The van der Waals surface area contributed by atoms with Gasteiger partial charge >= 0.3 is 0 Å². The highest BCUT2D eigenvalue weighted by atomic mass is 16.3. The Morgan fingerprint density at radius 3 is 3.20 bits per heavy atom. The molecule has 1 aromatic carbocycles. The molecule has 1 aliphatic rings. The van der Waals surface area contributed by atoms with Crippen molar-refractivity contribution in [3.63, 3.8) is 0 Å². The summed E-state index contributed by atoms with van der Waals surface area (Å²) < 4.78 is 0. The lowest BCUT2D eigenvalue weighted by molar-refractivity contribution is 0.0944. The summed E-state index contributed by atoms with van der Waals surface area (Å²) in [6.07, 6.45) is 0.969. The second-order valence-electron chi connectivity index (χ2n) is 3.53. The Bertz CT molecular complexity index is 377. The van der Waals surface area contributed by atoms with E-state index in [2.05, 4.69) is 10.6 Å². The molecule has 1 aromatic rings. The van der Waals surface area contributed by atoms with E-state index in [0.717, 1.165) is 18.7 Å². The molecule has 0 aliphatic carbocycles. The molecule has 0 spiro atoms. The molecular formula is C11H14N2O2. The highest BCUT2D eigenvalue weighted by Crippen LogP contribution is 2.22. The van der Waals surface area contributed by atoms with Crippen LogP contribution in [0.25, 0.3) is 0 Å². The van der Waals surface area contributed by atoms with Crippen LogP contribution >= 0.6 is 0 Å². The molecule has 2 rings (SSSR count). The maximum absolute atomic E-state index is 11.6. The number of aliphatic hydroxyl groups excluding tert-OH is 1. The van der Waals surface area contributed by atoms with Crippen LogP contribution in [0, 0.1) is 0 Å². The van der Waals surface area contributed by atoms with E-state index in [0.29, 0.717) is 12.1 Å². The number of carbonyl (C=O) groups is 1. The van der Waals surface area contributed by atoms with Crippen LogP contribution in [0.3, 0.4) is 0 Å². The highest BCUT2D eigenvalue weighted by molar-refractivity contribution is 5.95. The molecule has 0 fully saturated rings. The molecule has 1 amide bonds. The third kappa shape index (κ3) is 2.10. The first-order valence-corrected chi connectivity index (χ1v) is 5.07. The van der Waals surface area contributed by atoms with Crippen LogP contribution in [0.1, 0.15) is 15.9 Å². The van der Waals surface area contributed by atoms with Gasteiger partial charge in [-0.2, -0.15) is 0 Å². The molecule has 0 radical (unpaired) electrons. The largest absolute Gasteiger partial charge is 0.395 e. The Hall–Kier alpha value is -1.55. The lowest BCUT2D eigenvalue weighted by Gasteiger charge is -2.05. The molecule has 0 saturated heterocycles. The van der Waals surface area contributed by atoms with Crippen molar-refractivity contribution in [1.82, 2.24) is 5.32 Å². The minimum Gasteiger partial charge on any atom is -0.395 e. The van der Waals surface area contributed by atoms with Gasteiger partial charge in [-0.3, -0.25) is 4.79 Å². The Kier molecular flexibility index (Phi) is 2.87. The van der Waals surface area contributed by atoms with Crippen LogP contribution in [0.15, 0.2) is 18.2 Å². The minimum absolute atomic E-state index is 0.0295. The predicted molar refractivity (Wildman–Crippen MR) is 58.1 cm³/mol. The Morgan fingerprint density at radius 2 is 2.40 bits per heavy atom. The van der Waals surface area contributed by atoms with Gasteiger partial charge in [0.1, 0.15) is 0 Å². The molecule has 1 aliphatic heterocycles. The molecule has 3 N–H and O–H groups in total. The summed E-state index contributed by atoms with van der Waals surface area (Å²) in [5.41, 5.74) is 2.96. The average molecular weight is 206 g/mol. The van der Waals surface area contributed by atoms with Gasteiger partial charge < -0.3 is 15.7 Å². The Balaban J connectivity index is 2.12. The van der Waals surface area contributed by atoms with Gasteiger partial charge in [0.15, 0.2) is 0 Å². The van der Waals surface area contributed by atoms with Gasteiger partial charge in [0.05, 0.1) is 6.61 Å². The van der Waals surface area contributed by atoms with Crippen molar-refractivity contribution in [3.05, 3.63) is 29.3 Å². The number of anilines is 1. The van der Waals surface area contributed by atoms with E-state index >= 15 is 0 Å². The first-order valence-electron chi connectivity index (χ1n) is 5.07. The zero-order valence-corrected chi connectivity index (χ0v) is 8.42. The summed E-state index contributed by atoms with van der Waals surface area (Å²) in [4.78, 5) is 11.6. The van der Waals surface area contributed by atoms with Crippen molar-refractivity contribution in [2.45, 2.75) is 6.42 Å². The monoisotopic (exact) mass is 206 g/mol. The van der Waals surface area contributed by atoms with Crippen LogP contribution in [-0.2, 0) is 6.42 Å². The molecule has 80 valence electrons.